The summed E-state index contributed by atoms with van der Waals surface area (Å²) in [6.45, 7) is 1.39. The molecule has 0 N–H and O–H groups in total. The van der Waals surface area contributed by atoms with E-state index in [-0.39, 0.29) is 22.8 Å². The molecule has 0 bridgehead atoms. The van der Waals surface area contributed by atoms with Crippen molar-refractivity contribution in [2.75, 3.05) is 20.5 Å². The van der Waals surface area contributed by atoms with Gasteiger partial charge in [-0.25, -0.2) is 8.42 Å². The fraction of sp³-hybridized carbons (Fsp3) is 0.417. The Morgan fingerprint density at radius 2 is 1.67 bits per heavy atom. The minimum absolute atomic E-state index is 0.0111. The Bertz CT molecular complexity index is 560. The minimum atomic E-state index is -3.51. The van der Waals surface area contributed by atoms with Crippen LogP contribution in [0.25, 0.3) is 0 Å². The zero-order valence-electron chi connectivity index (χ0n) is 10.8. The first-order valence-corrected chi connectivity index (χ1v) is 7.13. The van der Waals surface area contributed by atoms with Crippen molar-refractivity contribution in [3.63, 3.8) is 0 Å². The molecule has 1 aromatic rings. The van der Waals surface area contributed by atoms with Crippen LogP contribution in [-0.2, 0) is 21.1 Å². The Morgan fingerprint density at radius 1 is 1.17 bits per heavy atom. The van der Waals surface area contributed by atoms with Crippen LogP contribution in [0, 0.1) is 0 Å². The maximum absolute atomic E-state index is 11.8. The highest BCUT2D eigenvalue weighted by atomic mass is 32.2. The Hall–Kier alpha value is -1.56. The highest BCUT2D eigenvalue weighted by Gasteiger charge is 2.23. The van der Waals surface area contributed by atoms with E-state index in [1.54, 1.807) is 6.07 Å². The number of methoxy groups -OCH3 is 2. The van der Waals surface area contributed by atoms with E-state index in [0.717, 1.165) is 6.26 Å². The van der Waals surface area contributed by atoms with Crippen LogP contribution in [0.2, 0.25) is 0 Å². The summed E-state index contributed by atoms with van der Waals surface area (Å²) in [5.41, 5.74) is 0.340. The van der Waals surface area contributed by atoms with Gasteiger partial charge in [0.05, 0.1) is 14.2 Å². The zero-order valence-corrected chi connectivity index (χ0v) is 11.6. The zero-order chi connectivity index (χ0) is 13.9. The van der Waals surface area contributed by atoms with Crippen LogP contribution in [0.3, 0.4) is 0 Å². The average Bonchev–Trinajstić information content (AvgIpc) is 2.25. The van der Waals surface area contributed by atoms with E-state index in [1.165, 1.54) is 27.2 Å². The normalized spacial score (nSPS) is 11.1. The second kappa shape index (κ2) is 5.39. The summed E-state index contributed by atoms with van der Waals surface area (Å²) >= 11 is 0. The molecule has 0 spiro atoms. The van der Waals surface area contributed by atoms with Crippen LogP contribution >= 0.6 is 0 Å². The van der Waals surface area contributed by atoms with Gasteiger partial charge in [-0.05, 0) is 19.1 Å². The van der Waals surface area contributed by atoms with Crippen LogP contribution in [-0.4, -0.2) is 34.7 Å². The summed E-state index contributed by atoms with van der Waals surface area (Å²) in [7, 11) is -0.701. The summed E-state index contributed by atoms with van der Waals surface area (Å²) < 4.78 is 33.8. The topological polar surface area (TPSA) is 69.7 Å². The molecule has 0 aromatic heterocycles. The molecule has 0 saturated heterocycles. The maximum Gasteiger partial charge on any atom is 0.179 e. The maximum atomic E-state index is 11.8. The molecule has 5 nitrogen and oxygen atoms in total. The summed E-state index contributed by atoms with van der Waals surface area (Å²) in [6, 6.07) is 3.10. The molecule has 1 aromatic carbocycles. The minimum Gasteiger partial charge on any atom is -0.496 e. The molecular weight excluding hydrogens is 256 g/mol. The quantitative estimate of drug-likeness (QED) is 0.806. The number of hydrogen-bond donors (Lipinski definition) is 0. The number of hydrogen-bond acceptors (Lipinski definition) is 5. The van der Waals surface area contributed by atoms with E-state index in [0.29, 0.717) is 11.3 Å². The highest BCUT2D eigenvalue weighted by Crippen LogP contribution is 2.34. The summed E-state index contributed by atoms with van der Waals surface area (Å²) in [4.78, 5) is 11.3. The van der Waals surface area contributed by atoms with Gasteiger partial charge < -0.3 is 9.47 Å². The third-order valence-electron chi connectivity index (χ3n) is 2.42. The Morgan fingerprint density at radius 3 is 2.06 bits per heavy atom. The van der Waals surface area contributed by atoms with Crippen LogP contribution in [0.1, 0.15) is 12.5 Å². The second-order valence-electron chi connectivity index (χ2n) is 3.93. The average molecular weight is 272 g/mol. The predicted octanol–water partition coefficient (Wildman–Crippen LogP) is 1.24. The number of ketones is 1. The third-order valence-corrected chi connectivity index (χ3v) is 3.61. The molecule has 0 aliphatic rings. The fourth-order valence-corrected chi connectivity index (χ4v) is 2.90. The van der Waals surface area contributed by atoms with Gasteiger partial charge in [-0.2, -0.15) is 0 Å². The van der Waals surface area contributed by atoms with Crippen LogP contribution in [0.5, 0.6) is 11.5 Å². The number of carbonyl (C=O) groups excluding carboxylic acids is 1. The molecule has 0 aliphatic heterocycles. The molecule has 0 aliphatic carbocycles. The number of ether oxygens (including phenoxy) is 2. The third kappa shape index (κ3) is 3.01. The Kier molecular flexibility index (Phi) is 4.34. The predicted molar refractivity (Wildman–Crippen MR) is 67.0 cm³/mol. The lowest BCUT2D eigenvalue weighted by Gasteiger charge is -2.15. The smallest absolute Gasteiger partial charge is 0.179 e. The fourth-order valence-electron chi connectivity index (χ4n) is 1.76. The van der Waals surface area contributed by atoms with Crippen molar-refractivity contribution in [2.24, 2.45) is 0 Å². The standard InChI is InChI=1S/C12H16O5S/c1-8(13)7-9-10(16-2)5-6-11(17-3)12(9)18(4,14)15/h5-6H,7H2,1-4H3. The molecular formula is C12H16O5S. The van der Waals surface area contributed by atoms with E-state index in [9.17, 15) is 13.2 Å². The molecule has 0 radical (unpaired) electrons. The Labute approximate surface area is 107 Å². The number of sulfone groups is 1. The molecule has 0 atom stereocenters. The van der Waals surface area contributed by atoms with Gasteiger partial charge in [0.1, 0.15) is 22.2 Å². The van der Waals surface area contributed by atoms with Crippen molar-refractivity contribution >= 4 is 15.6 Å². The lowest BCUT2D eigenvalue weighted by Crippen LogP contribution is -2.10. The van der Waals surface area contributed by atoms with Crippen molar-refractivity contribution < 1.29 is 22.7 Å². The van der Waals surface area contributed by atoms with Crippen molar-refractivity contribution in [1.82, 2.24) is 0 Å². The number of benzene rings is 1. The van der Waals surface area contributed by atoms with E-state index in [2.05, 4.69) is 0 Å². The molecule has 0 saturated carbocycles. The number of rotatable bonds is 5. The summed E-state index contributed by atoms with van der Waals surface area (Å²) in [5, 5.41) is 0. The first kappa shape index (κ1) is 14.5. The van der Waals surface area contributed by atoms with Gasteiger partial charge in [-0.1, -0.05) is 0 Å². The molecule has 0 heterocycles. The molecule has 18 heavy (non-hydrogen) atoms. The molecule has 100 valence electrons. The van der Waals surface area contributed by atoms with Crippen LogP contribution < -0.4 is 9.47 Å². The van der Waals surface area contributed by atoms with Gasteiger partial charge in [-0.3, -0.25) is 4.79 Å². The lowest BCUT2D eigenvalue weighted by atomic mass is 10.1. The first-order chi connectivity index (χ1) is 8.31. The summed E-state index contributed by atoms with van der Waals surface area (Å²) in [6.07, 6.45) is 1.07. The van der Waals surface area contributed by atoms with Crippen molar-refractivity contribution in [3.05, 3.63) is 17.7 Å². The molecule has 0 unspecified atom stereocenters. The van der Waals surface area contributed by atoms with Crippen LogP contribution in [0.15, 0.2) is 17.0 Å². The van der Waals surface area contributed by atoms with E-state index < -0.39 is 9.84 Å². The van der Waals surface area contributed by atoms with Gasteiger partial charge in [0.15, 0.2) is 9.84 Å². The number of carbonyl (C=O) groups is 1. The second-order valence-corrected chi connectivity index (χ2v) is 5.88. The van der Waals surface area contributed by atoms with E-state index in [1.807, 2.05) is 0 Å². The Balaban J connectivity index is 3.64. The van der Waals surface area contributed by atoms with Crippen LogP contribution in [0.4, 0.5) is 0 Å². The van der Waals surface area contributed by atoms with Crippen molar-refractivity contribution in [3.8, 4) is 11.5 Å². The SMILES string of the molecule is COc1ccc(OC)c(S(C)(=O)=O)c1CC(C)=O. The first-order valence-electron chi connectivity index (χ1n) is 5.24. The van der Waals surface area contributed by atoms with Gasteiger partial charge in [0, 0.05) is 18.2 Å². The largest absolute Gasteiger partial charge is 0.496 e. The van der Waals surface area contributed by atoms with Gasteiger partial charge >= 0.3 is 0 Å². The van der Waals surface area contributed by atoms with E-state index >= 15 is 0 Å². The lowest BCUT2D eigenvalue weighted by molar-refractivity contribution is -0.116. The van der Waals surface area contributed by atoms with Gasteiger partial charge in [0.25, 0.3) is 0 Å². The molecule has 6 heteroatoms. The molecule has 0 fully saturated rings. The van der Waals surface area contributed by atoms with Gasteiger partial charge in [-0.15, -0.1) is 0 Å². The molecule has 1 rings (SSSR count). The van der Waals surface area contributed by atoms with Crippen molar-refractivity contribution in [1.29, 1.82) is 0 Å². The van der Waals surface area contributed by atoms with Crippen molar-refractivity contribution in [2.45, 2.75) is 18.2 Å². The van der Waals surface area contributed by atoms with E-state index in [4.69, 9.17) is 9.47 Å². The summed E-state index contributed by atoms with van der Waals surface area (Å²) in [5.74, 6) is 0.437. The highest BCUT2D eigenvalue weighted by molar-refractivity contribution is 7.90. The number of Topliss-reactive ketones (excluding diaryl/α,β-unsaturated/α-hetero) is 1. The monoisotopic (exact) mass is 272 g/mol. The van der Waals surface area contributed by atoms with Gasteiger partial charge in [0.2, 0.25) is 0 Å². The molecule has 0 amide bonds.